The second-order valence-electron chi connectivity index (χ2n) is 7.38. The molecule has 10 heteroatoms. The van der Waals surface area contributed by atoms with Crippen LogP contribution in [-0.2, 0) is 27.3 Å². The number of amides is 1. The lowest BCUT2D eigenvalue weighted by atomic mass is 10.00. The van der Waals surface area contributed by atoms with E-state index in [0.717, 1.165) is 10.5 Å². The quantitative estimate of drug-likeness (QED) is 0.503. The van der Waals surface area contributed by atoms with E-state index in [1.54, 1.807) is 36.6 Å². The number of hydrogen-bond acceptors (Lipinski definition) is 4. The fourth-order valence-electron chi connectivity index (χ4n) is 3.24. The Labute approximate surface area is 184 Å². The van der Waals surface area contributed by atoms with E-state index in [2.05, 4.69) is 4.98 Å². The maximum atomic E-state index is 11.9. The van der Waals surface area contributed by atoms with Crippen molar-refractivity contribution in [3.63, 3.8) is 0 Å². The molecule has 2 atom stereocenters. The number of carboxylic acid groups (broad SMARTS) is 2. The van der Waals surface area contributed by atoms with E-state index in [4.69, 9.17) is 23.2 Å². The number of imidazole rings is 1. The van der Waals surface area contributed by atoms with Crippen LogP contribution in [0.15, 0.2) is 30.7 Å². The predicted octanol–water partition coefficient (Wildman–Crippen LogP) is 3.19. The van der Waals surface area contributed by atoms with Crippen LogP contribution in [-0.4, -0.2) is 55.1 Å². The number of carboxylic acids is 2. The number of rotatable bonds is 11. The molecule has 2 N–H and O–H groups in total. The van der Waals surface area contributed by atoms with E-state index in [-0.39, 0.29) is 25.2 Å². The molecule has 1 aromatic carbocycles. The van der Waals surface area contributed by atoms with Gasteiger partial charge in [-0.25, -0.2) is 14.6 Å². The lowest BCUT2D eigenvalue weighted by Gasteiger charge is -2.31. The zero-order valence-electron chi connectivity index (χ0n) is 16.5. The normalized spacial score (nSPS) is 13.1. The molecule has 1 amide bonds. The van der Waals surface area contributed by atoms with Crippen LogP contribution in [0.4, 0.5) is 0 Å². The lowest BCUT2D eigenvalue weighted by molar-refractivity contribution is -0.155. The highest BCUT2D eigenvalue weighted by molar-refractivity contribution is 6.34. The number of aromatic nitrogens is 2. The average Bonchev–Trinajstić information content (AvgIpc) is 3.05. The topological polar surface area (TPSA) is 113 Å². The Bertz CT molecular complexity index is 895. The average molecular weight is 456 g/mol. The molecule has 2 rings (SSSR count). The van der Waals surface area contributed by atoms with Gasteiger partial charge in [-0.3, -0.25) is 4.79 Å². The van der Waals surface area contributed by atoms with E-state index in [0.29, 0.717) is 22.3 Å². The van der Waals surface area contributed by atoms with Crippen molar-refractivity contribution in [2.24, 2.45) is 5.92 Å². The molecular weight excluding hydrogens is 433 g/mol. The Kier molecular flexibility index (Phi) is 8.25. The van der Waals surface area contributed by atoms with E-state index in [9.17, 15) is 24.6 Å². The predicted molar refractivity (Wildman–Crippen MR) is 112 cm³/mol. The summed E-state index contributed by atoms with van der Waals surface area (Å²) in [4.78, 5) is 40.3. The summed E-state index contributed by atoms with van der Waals surface area (Å²) in [6.45, 7) is 3.94. The maximum absolute atomic E-state index is 11.9. The van der Waals surface area contributed by atoms with Gasteiger partial charge in [-0.1, -0.05) is 37.0 Å². The van der Waals surface area contributed by atoms with E-state index >= 15 is 0 Å². The third-order valence-corrected chi connectivity index (χ3v) is 5.02. The van der Waals surface area contributed by atoms with Crippen LogP contribution in [0.3, 0.4) is 0 Å². The fraction of sp³-hybridized carbons (Fsp3) is 0.400. The summed E-state index contributed by atoms with van der Waals surface area (Å²) in [7, 11) is 0. The van der Waals surface area contributed by atoms with Crippen LogP contribution in [0, 0.1) is 5.92 Å². The largest absolute Gasteiger partial charge is 0.480 e. The molecule has 0 saturated heterocycles. The molecule has 0 bridgehead atoms. The van der Waals surface area contributed by atoms with Gasteiger partial charge < -0.3 is 19.7 Å². The summed E-state index contributed by atoms with van der Waals surface area (Å²) in [5.41, 5.74) is 1.31. The van der Waals surface area contributed by atoms with Gasteiger partial charge in [-0.15, -0.1) is 0 Å². The summed E-state index contributed by atoms with van der Waals surface area (Å²) in [6, 6.07) is 2.46. The van der Waals surface area contributed by atoms with Gasteiger partial charge in [-0.05, 0) is 36.1 Å². The van der Waals surface area contributed by atoms with Crippen LogP contribution >= 0.6 is 23.2 Å². The minimum absolute atomic E-state index is 0.0406. The Morgan fingerprint density at radius 1 is 1.13 bits per heavy atom. The Morgan fingerprint density at radius 3 is 2.23 bits per heavy atom. The second-order valence-corrected chi connectivity index (χ2v) is 8.26. The van der Waals surface area contributed by atoms with Crippen LogP contribution in [0.1, 0.15) is 31.5 Å². The van der Waals surface area contributed by atoms with Crippen molar-refractivity contribution in [2.45, 2.75) is 45.3 Å². The van der Waals surface area contributed by atoms with E-state index < -0.39 is 24.0 Å². The molecule has 0 aliphatic heterocycles. The maximum Gasteiger partial charge on any atom is 0.326 e. The molecule has 1 heterocycles. The van der Waals surface area contributed by atoms with Crippen LogP contribution in [0.25, 0.3) is 0 Å². The molecule has 8 nitrogen and oxygen atoms in total. The van der Waals surface area contributed by atoms with Crippen molar-refractivity contribution < 1.29 is 24.6 Å². The van der Waals surface area contributed by atoms with E-state index in [1.165, 1.54) is 12.5 Å². The summed E-state index contributed by atoms with van der Waals surface area (Å²) in [6.07, 6.45) is 3.33. The third kappa shape index (κ3) is 6.21. The van der Waals surface area contributed by atoms with Crippen molar-refractivity contribution in [1.82, 2.24) is 14.5 Å². The van der Waals surface area contributed by atoms with Gasteiger partial charge in [0.2, 0.25) is 6.41 Å². The van der Waals surface area contributed by atoms with Gasteiger partial charge in [0, 0.05) is 34.9 Å². The molecule has 1 unspecified atom stereocenters. The highest BCUT2D eigenvalue weighted by Gasteiger charge is 2.35. The fourth-order valence-corrected chi connectivity index (χ4v) is 3.81. The van der Waals surface area contributed by atoms with Crippen LogP contribution < -0.4 is 0 Å². The van der Waals surface area contributed by atoms with Crippen molar-refractivity contribution in [3.05, 3.63) is 52.0 Å². The highest BCUT2D eigenvalue weighted by atomic mass is 35.5. The first kappa shape index (κ1) is 23.7. The minimum atomic E-state index is -1.36. The van der Waals surface area contributed by atoms with Crippen molar-refractivity contribution in [2.75, 3.05) is 0 Å². The molecule has 0 fully saturated rings. The molecule has 0 saturated carbocycles. The Morgan fingerprint density at radius 2 is 1.73 bits per heavy atom. The number of aliphatic carboxylic acids is 2. The molecule has 0 aliphatic carbocycles. The standard InChI is InChI=1S/C20H23Cl2N3O5/c1-12(2)3-17(19(27)28)25(11-26)18(20(29)30)7-16-8-23-10-24(16)9-13-4-14(21)6-15(22)5-13/h4-6,8,10-12,17-18H,3,7,9H2,1-2H3,(H,27,28)(H,29,30)/t17-,18?/m0/s1. The minimum Gasteiger partial charge on any atom is -0.480 e. The molecular formula is C20H23Cl2N3O5. The zero-order valence-corrected chi connectivity index (χ0v) is 18.0. The number of hydrogen-bond donors (Lipinski definition) is 2. The molecule has 2 aromatic rings. The third-order valence-electron chi connectivity index (χ3n) is 4.58. The van der Waals surface area contributed by atoms with E-state index in [1.807, 2.05) is 0 Å². The molecule has 0 aliphatic rings. The molecule has 162 valence electrons. The first-order valence-corrected chi connectivity index (χ1v) is 10.00. The number of nitrogens with zero attached hydrogens (tertiary/aromatic N) is 3. The van der Waals surface area contributed by atoms with Gasteiger partial charge in [0.15, 0.2) is 0 Å². The van der Waals surface area contributed by atoms with Gasteiger partial charge in [0.05, 0.1) is 6.33 Å². The van der Waals surface area contributed by atoms with Gasteiger partial charge in [-0.2, -0.15) is 0 Å². The SMILES string of the molecule is CC(C)C[C@@H](C(=O)O)N(C=O)C(Cc1cncn1Cc1cc(Cl)cc(Cl)c1)C(=O)O. The van der Waals surface area contributed by atoms with Gasteiger partial charge in [0.25, 0.3) is 0 Å². The molecule has 0 spiro atoms. The smallest absolute Gasteiger partial charge is 0.326 e. The number of carbonyl (C=O) groups is 3. The Hall–Kier alpha value is -2.58. The first-order chi connectivity index (χ1) is 14.1. The van der Waals surface area contributed by atoms with Crippen LogP contribution in [0.5, 0.6) is 0 Å². The monoisotopic (exact) mass is 455 g/mol. The van der Waals surface area contributed by atoms with Gasteiger partial charge in [0.1, 0.15) is 12.1 Å². The lowest BCUT2D eigenvalue weighted by Crippen LogP contribution is -2.51. The van der Waals surface area contributed by atoms with Crippen molar-refractivity contribution in [1.29, 1.82) is 0 Å². The summed E-state index contributed by atoms with van der Waals surface area (Å²) < 4.78 is 1.71. The van der Waals surface area contributed by atoms with Crippen molar-refractivity contribution >= 4 is 41.6 Å². The van der Waals surface area contributed by atoms with Crippen molar-refractivity contribution in [3.8, 4) is 0 Å². The number of carbonyl (C=O) groups excluding carboxylic acids is 1. The Balaban J connectivity index is 2.31. The zero-order chi connectivity index (χ0) is 22.4. The first-order valence-electron chi connectivity index (χ1n) is 9.24. The molecule has 30 heavy (non-hydrogen) atoms. The second kappa shape index (κ2) is 10.4. The highest BCUT2D eigenvalue weighted by Crippen LogP contribution is 2.21. The van der Waals surface area contributed by atoms with Gasteiger partial charge >= 0.3 is 11.9 Å². The molecule has 1 aromatic heterocycles. The summed E-state index contributed by atoms with van der Waals surface area (Å²) >= 11 is 12.1. The summed E-state index contributed by atoms with van der Waals surface area (Å²) in [5.74, 6) is -2.58. The summed E-state index contributed by atoms with van der Waals surface area (Å²) in [5, 5.41) is 20.2. The molecule has 0 radical (unpaired) electrons. The van der Waals surface area contributed by atoms with Crippen LogP contribution in [0.2, 0.25) is 10.0 Å². The number of benzene rings is 1. The number of halogens is 2.